The van der Waals surface area contributed by atoms with Gasteiger partial charge in [0.25, 0.3) is 0 Å². The summed E-state index contributed by atoms with van der Waals surface area (Å²) in [5.41, 5.74) is 3.24. The van der Waals surface area contributed by atoms with Crippen molar-refractivity contribution in [3.05, 3.63) is 30.6 Å². The molecule has 3 heterocycles. The van der Waals surface area contributed by atoms with Crippen molar-refractivity contribution in [2.24, 2.45) is 5.92 Å². The van der Waals surface area contributed by atoms with Gasteiger partial charge >= 0.3 is 0 Å². The molecule has 1 N–H and O–H groups in total. The predicted molar refractivity (Wildman–Crippen MR) is 82.0 cm³/mol. The summed E-state index contributed by atoms with van der Waals surface area (Å²) in [4.78, 5) is 14.9. The van der Waals surface area contributed by atoms with Crippen molar-refractivity contribution in [2.45, 2.75) is 19.8 Å². The zero-order chi connectivity index (χ0) is 13.5. The van der Waals surface area contributed by atoms with E-state index in [2.05, 4.69) is 45.0 Å². The molecule has 0 amide bonds. The Labute approximate surface area is 117 Å². The normalized spacial score (nSPS) is 19.9. The molecule has 3 aromatic rings. The number of H-pyrrole nitrogens is 1. The number of aromatic amines is 1. The highest BCUT2D eigenvalue weighted by Gasteiger charge is 2.21. The molecule has 2 aromatic heterocycles. The SMILES string of the molecule is C[C@H]1CCCN(c2ncnc3c2[nH]c2ccccc23)C1. The molecule has 20 heavy (non-hydrogen) atoms. The highest BCUT2D eigenvalue weighted by molar-refractivity contribution is 6.08. The molecule has 4 rings (SSSR count). The molecule has 1 aliphatic rings. The maximum atomic E-state index is 4.54. The van der Waals surface area contributed by atoms with Gasteiger partial charge in [-0.3, -0.25) is 0 Å². The molecule has 4 nitrogen and oxygen atoms in total. The maximum absolute atomic E-state index is 4.54. The van der Waals surface area contributed by atoms with E-state index in [4.69, 9.17) is 0 Å². The monoisotopic (exact) mass is 266 g/mol. The first-order valence-corrected chi connectivity index (χ1v) is 7.29. The Morgan fingerprint density at radius 1 is 1.25 bits per heavy atom. The van der Waals surface area contributed by atoms with Gasteiger partial charge in [0.05, 0.1) is 0 Å². The van der Waals surface area contributed by atoms with Crippen LogP contribution in [0.4, 0.5) is 5.82 Å². The summed E-state index contributed by atoms with van der Waals surface area (Å²) in [7, 11) is 0. The number of para-hydroxylation sites is 1. The van der Waals surface area contributed by atoms with E-state index in [-0.39, 0.29) is 0 Å². The Kier molecular flexibility index (Phi) is 2.62. The summed E-state index contributed by atoms with van der Waals surface area (Å²) in [6.07, 6.45) is 4.25. The summed E-state index contributed by atoms with van der Waals surface area (Å²) in [6.45, 7) is 4.49. The highest BCUT2D eigenvalue weighted by atomic mass is 15.2. The van der Waals surface area contributed by atoms with E-state index < -0.39 is 0 Å². The number of aromatic nitrogens is 3. The lowest BCUT2D eigenvalue weighted by Gasteiger charge is -2.31. The Balaban J connectivity index is 1.91. The summed E-state index contributed by atoms with van der Waals surface area (Å²) in [5, 5.41) is 1.18. The van der Waals surface area contributed by atoms with Gasteiger partial charge in [-0.05, 0) is 24.8 Å². The van der Waals surface area contributed by atoms with E-state index in [1.54, 1.807) is 6.33 Å². The van der Waals surface area contributed by atoms with Crippen LogP contribution in [0.3, 0.4) is 0 Å². The molecule has 1 aliphatic heterocycles. The standard InChI is InChI=1S/C16H18N4/c1-11-5-4-8-20(9-11)16-15-14(17-10-18-16)12-6-2-3-7-13(12)19-15/h2-3,6-7,10-11,19H,4-5,8-9H2,1H3/t11-/m0/s1. The molecular weight excluding hydrogens is 248 g/mol. The first-order valence-electron chi connectivity index (χ1n) is 7.29. The zero-order valence-electron chi connectivity index (χ0n) is 11.6. The first kappa shape index (κ1) is 11.7. The van der Waals surface area contributed by atoms with Crippen LogP contribution in [0.2, 0.25) is 0 Å². The molecule has 1 atom stereocenters. The van der Waals surface area contributed by atoms with Crippen LogP contribution in [0, 0.1) is 5.92 Å². The quantitative estimate of drug-likeness (QED) is 0.734. The average molecular weight is 266 g/mol. The lowest BCUT2D eigenvalue weighted by Crippen LogP contribution is -2.35. The molecule has 4 heteroatoms. The molecular formula is C16H18N4. The summed E-state index contributed by atoms with van der Waals surface area (Å²) < 4.78 is 0. The van der Waals surface area contributed by atoms with Crippen LogP contribution in [-0.2, 0) is 0 Å². The molecule has 0 bridgehead atoms. The van der Waals surface area contributed by atoms with E-state index >= 15 is 0 Å². The van der Waals surface area contributed by atoms with Gasteiger partial charge in [-0.25, -0.2) is 9.97 Å². The Bertz CT molecular complexity index is 761. The van der Waals surface area contributed by atoms with Gasteiger partial charge in [0, 0.05) is 24.0 Å². The second-order valence-corrected chi connectivity index (χ2v) is 5.78. The number of benzene rings is 1. The van der Waals surface area contributed by atoms with E-state index in [1.807, 2.05) is 6.07 Å². The van der Waals surface area contributed by atoms with Crippen molar-refractivity contribution < 1.29 is 0 Å². The van der Waals surface area contributed by atoms with E-state index in [9.17, 15) is 0 Å². The van der Waals surface area contributed by atoms with Gasteiger partial charge in [-0.1, -0.05) is 25.1 Å². The smallest absolute Gasteiger partial charge is 0.156 e. The lowest BCUT2D eigenvalue weighted by molar-refractivity contribution is 0.445. The largest absolute Gasteiger partial charge is 0.355 e. The van der Waals surface area contributed by atoms with Crippen LogP contribution < -0.4 is 4.90 Å². The van der Waals surface area contributed by atoms with Gasteiger partial charge < -0.3 is 9.88 Å². The van der Waals surface area contributed by atoms with E-state index in [1.165, 1.54) is 18.2 Å². The maximum Gasteiger partial charge on any atom is 0.156 e. The second-order valence-electron chi connectivity index (χ2n) is 5.78. The first-order chi connectivity index (χ1) is 9.83. The van der Waals surface area contributed by atoms with Crippen LogP contribution in [0.5, 0.6) is 0 Å². The van der Waals surface area contributed by atoms with Crippen molar-refractivity contribution in [1.82, 2.24) is 15.0 Å². The third-order valence-corrected chi connectivity index (χ3v) is 4.23. The van der Waals surface area contributed by atoms with Gasteiger partial charge in [-0.15, -0.1) is 0 Å². The number of hydrogen-bond donors (Lipinski definition) is 1. The molecule has 102 valence electrons. The molecule has 0 saturated carbocycles. The van der Waals surface area contributed by atoms with Crippen LogP contribution in [0.15, 0.2) is 30.6 Å². The van der Waals surface area contributed by atoms with Crippen molar-refractivity contribution in [1.29, 1.82) is 0 Å². The number of piperidine rings is 1. The van der Waals surface area contributed by atoms with Gasteiger partial charge in [0.15, 0.2) is 5.82 Å². The Morgan fingerprint density at radius 3 is 3.05 bits per heavy atom. The molecule has 0 radical (unpaired) electrons. The number of anilines is 1. The van der Waals surface area contributed by atoms with Gasteiger partial charge in [0.2, 0.25) is 0 Å². The minimum absolute atomic E-state index is 0.734. The number of rotatable bonds is 1. The van der Waals surface area contributed by atoms with Crippen LogP contribution in [0.1, 0.15) is 19.8 Å². The van der Waals surface area contributed by atoms with E-state index in [0.717, 1.165) is 41.4 Å². The van der Waals surface area contributed by atoms with E-state index in [0.29, 0.717) is 0 Å². The van der Waals surface area contributed by atoms with Crippen molar-refractivity contribution in [2.75, 3.05) is 18.0 Å². The van der Waals surface area contributed by atoms with Crippen LogP contribution >= 0.6 is 0 Å². The summed E-state index contributed by atoms with van der Waals surface area (Å²) in [6, 6.07) is 8.32. The topological polar surface area (TPSA) is 44.8 Å². The minimum Gasteiger partial charge on any atom is -0.355 e. The van der Waals surface area contributed by atoms with Crippen LogP contribution in [-0.4, -0.2) is 28.0 Å². The number of nitrogens with one attached hydrogen (secondary N) is 1. The predicted octanol–water partition coefficient (Wildman–Crippen LogP) is 3.35. The van der Waals surface area contributed by atoms with Crippen molar-refractivity contribution in [3.63, 3.8) is 0 Å². The fourth-order valence-electron chi connectivity index (χ4n) is 3.25. The zero-order valence-corrected chi connectivity index (χ0v) is 11.6. The number of hydrogen-bond acceptors (Lipinski definition) is 3. The molecule has 1 aromatic carbocycles. The summed E-state index contributed by atoms with van der Waals surface area (Å²) >= 11 is 0. The number of fused-ring (bicyclic) bond motifs is 3. The molecule has 1 fully saturated rings. The second kappa shape index (κ2) is 4.47. The highest BCUT2D eigenvalue weighted by Crippen LogP contribution is 2.30. The fourth-order valence-corrected chi connectivity index (χ4v) is 3.25. The lowest BCUT2D eigenvalue weighted by atomic mass is 10.0. The third kappa shape index (κ3) is 1.75. The summed E-state index contributed by atoms with van der Waals surface area (Å²) in [5.74, 6) is 1.79. The molecule has 0 aliphatic carbocycles. The molecule has 0 spiro atoms. The van der Waals surface area contributed by atoms with Crippen LogP contribution in [0.25, 0.3) is 21.9 Å². The Morgan fingerprint density at radius 2 is 2.15 bits per heavy atom. The van der Waals surface area contributed by atoms with Crippen molar-refractivity contribution in [3.8, 4) is 0 Å². The number of nitrogens with zero attached hydrogens (tertiary/aromatic N) is 3. The minimum atomic E-state index is 0.734. The average Bonchev–Trinajstić information content (AvgIpc) is 2.86. The molecule has 1 saturated heterocycles. The fraction of sp³-hybridized carbons (Fsp3) is 0.375. The molecule has 0 unspecified atom stereocenters. The van der Waals surface area contributed by atoms with Crippen molar-refractivity contribution >= 4 is 27.8 Å². The van der Waals surface area contributed by atoms with Gasteiger partial charge in [-0.2, -0.15) is 0 Å². The van der Waals surface area contributed by atoms with Gasteiger partial charge in [0.1, 0.15) is 17.4 Å². The Hall–Kier alpha value is -2.10. The third-order valence-electron chi connectivity index (χ3n) is 4.23.